The number of nitrogens with one attached hydrogen (secondary N) is 2. The van der Waals surface area contributed by atoms with Crippen LogP contribution in [0.2, 0.25) is 5.02 Å². The zero-order valence-electron chi connectivity index (χ0n) is 19.9. The van der Waals surface area contributed by atoms with Gasteiger partial charge >= 0.3 is 0 Å². The average molecular weight is 501 g/mol. The molecule has 0 aliphatic heterocycles. The summed E-state index contributed by atoms with van der Waals surface area (Å²) < 4.78 is 32.0. The lowest BCUT2D eigenvalue weighted by Crippen LogP contribution is -2.35. The Morgan fingerprint density at radius 3 is 2.57 bits per heavy atom. The van der Waals surface area contributed by atoms with Gasteiger partial charge in [-0.05, 0) is 73.9 Å². The van der Waals surface area contributed by atoms with Crippen molar-refractivity contribution >= 4 is 17.4 Å². The second kappa shape index (κ2) is 12.4. The molecule has 1 saturated carbocycles. The van der Waals surface area contributed by atoms with Gasteiger partial charge in [0.15, 0.2) is 0 Å². The van der Waals surface area contributed by atoms with E-state index in [1.165, 1.54) is 37.8 Å². The molecule has 0 atom stereocenters. The van der Waals surface area contributed by atoms with Crippen LogP contribution in [0.3, 0.4) is 0 Å². The van der Waals surface area contributed by atoms with Crippen molar-refractivity contribution in [3.05, 3.63) is 76.6 Å². The number of hydrogen-bond acceptors (Lipinski definition) is 5. The Kier molecular flexibility index (Phi) is 9.01. The van der Waals surface area contributed by atoms with Crippen LogP contribution in [0.25, 0.3) is 11.3 Å². The summed E-state index contributed by atoms with van der Waals surface area (Å²) in [6.45, 7) is 1.89. The number of hydrogen-bond donors (Lipinski definition) is 2. The third kappa shape index (κ3) is 7.43. The van der Waals surface area contributed by atoms with Crippen molar-refractivity contribution in [3.8, 4) is 11.3 Å². The molecule has 1 aromatic carbocycles. The number of nitrogens with zero attached hydrogens (tertiary/aromatic N) is 2. The summed E-state index contributed by atoms with van der Waals surface area (Å²) >= 11 is 6.49. The number of methoxy groups -OCH3 is 1. The topological polar surface area (TPSA) is 59.1 Å². The predicted molar refractivity (Wildman–Crippen MR) is 135 cm³/mol. The third-order valence-corrected chi connectivity index (χ3v) is 6.72. The number of benzene rings is 1. The molecule has 5 nitrogen and oxygen atoms in total. The lowest BCUT2D eigenvalue weighted by atomic mass is 9.83. The van der Waals surface area contributed by atoms with Gasteiger partial charge in [0.1, 0.15) is 17.5 Å². The zero-order chi connectivity index (χ0) is 24.6. The molecule has 3 aromatic rings. The quantitative estimate of drug-likeness (QED) is 0.333. The van der Waals surface area contributed by atoms with Crippen LogP contribution < -0.4 is 10.6 Å². The van der Waals surface area contributed by atoms with Crippen LogP contribution in [0, 0.1) is 17.6 Å². The van der Waals surface area contributed by atoms with Crippen LogP contribution in [0.15, 0.2) is 48.7 Å². The van der Waals surface area contributed by atoms with Gasteiger partial charge in [-0.15, -0.1) is 0 Å². The fourth-order valence-electron chi connectivity index (χ4n) is 4.61. The Labute approximate surface area is 210 Å². The van der Waals surface area contributed by atoms with Crippen molar-refractivity contribution in [2.24, 2.45) is 5.92 Å². The summed E-state index contributed by atoms with van der Waals surface area (Å²) in [7, 11) is 1.73. The maximum absolute atomic E-state index is 13.5. The molecule has 1 aliphatic rings. The SMILES string of the molecule is COCCNC1CCC(Cc2cc(-c3cccc(NCc4cc(F)cc(F)c4)n3)c(Cl)cn2)CC1. The van der Waals surface area contributed by atoms with Crippen LogP contribution in [0.4, 0.5) is 14.6 Å². The molecule has 4 rings (SSSR count). The summed E-state index contributed by atoms with van der Waals surface area (Å²) in [5.74, 6) is -0.00332. The molecule has 0 radical (unpaired) electrons. The van der Waals surface area contributed by atoms with Crippen LogP contribution in [-0.4, -0.2) is 36.3 Å². The number of halogens is 3. The Hall–Kier alpha value is -2.61. The van der Waals surface area contributed by atoms with Crippen molar-refractivity contribution in [1.82, 2.24) is 15.3 Å². The van der Waals surface area contributed by atoms with Gasteiger partial charge in [0.2, 0.25) is 0 Å². The molecule has 1 aliphatic carbocycles. The van der Waals surface area contributed by atoms with E-state index in [1.54, 1.807) is 13.3 Å². The normalized spacial score (nSPS) is 17.9. The molecule has 2 heterocycles. The van der Waals surface area contributed by atoms with E-state index in [4.69, 9.17) is 16.3 Å². The van der Waals surface area contributed by atoms with Gasteiger partial charge in [-0.25, -0.2) is 13.8 Å². The first-order valence-corrected chi connectivity index (χ1v) is 12.4. The second-order valence-corrected chi connectivity index (χ2v) is 9.47. The molecule has 2 N–H and O–H groups in total. The number of ether oxygens (including phenoxy) is 1. The van der Waals surface area contributed by atoms with Gasteiger partial charge in [-0.3, -0.25) is 4.98 Å². The fraction of sp³-hybridized carbons (Fsp3) is 0.407. The Balaban J connectivity index is 1.39. The van der Waals surface area contributed by atoms with Gasteiger partial charge < -0.3 is 15.4 Å². The van der Waals surface area contributed by atoms with Crippen LogP contribution >= 0.6 is 11.6 Å². The lowest BCUT2D eigenvalue weighted by Gasteiger charge is -2.29. The van der Waals surface area contributed by atoms with E-state index < -0.39 is 11.6 Å². The summed E-state index contributed by atoms with van der Waals surface area (Å²) in [4.78, 5) is 9.24. The standard InChI is InChI=1S/C27H31ClF2N4O/c1-35-10-9-31-22-7-5-18(6-8-22)13-23-15-24(25(28)17-32-23)26-3-2-4-27(34-26)33-16-19-11-20(29)14-21(30)12-19/h2-4,11-12,14-15,17-18,22,31H,5-10,13,16H2,1H3,(H,33,34). The van der Waals surface area contributed by atoms with E-state index in [-0.39, 0.29) is 6.54 Å². The number of pyridine rings is 2. The van der Waals surface area contributed by atoms with E-state index in [9.17, 15) is 8.78 Å². The molecule has 8 heteroatoms. The zero-order valence-corrected chi connectivity index (χ0v) is 20.6. The molecule has 2 aromatic heterocycles. The summed E-state index contributed by atoms with van der Waals surface area (Å²) in [6, 6.07) is 11.6. The van der Waals surface area contributed by atoms with Gasteiger partial charge in [-0.2, -0.15) is 0 Å². The average Bonchev–Trinajstić information content (AvgIpc) is 2.85. The van der Waals surface area contributed by atoms with Gasteiger partial charge in [0.25, 0.3) is 0 Å². The maximum Gasteiger partial charge on any atom is 0.126 e. The summed E-state index contributed by atoms with van der Waals surface area (Å²) in [5, 5.41) is 7.24. The van der Waals surface area contributed by atoms with Crippen molar-refractivity contribution in [2.45, 2.75) is 44.7 Å². The highest BCUT2D eigenvalue weighted by molar-refractivity contribution is 6.33. The largest absolute Gasteiger partial charge is 0.383 e. The minimum atomic E-state index is -0.601. The van der Waals surface area contributed by atoms with E-state index in [0.29, 0.717) is 28.4 Å². The summed E-state index contributed by atoms with van der Waals surface area (Å²) in [5.41, 5.74) is 3.06. The molecular formula is C27H31ClF2N4O. The summed E-state index contributed by atoms with van der Waals surface area (Å²) in [6.07, 6.45) is 7.28. The van der Waals surface area contributed by atoms with E-state index in [1.807, 2.05) is 24.3 Å². The highest BCUT2D eigenvalue weighted by Crippen LogP contribution is 2.31. The first-order valence-electron chi connectivity index (χ1n) is 12.0. The molecule has 0 spiro atoms. The number of aromatic nitrogens is 2. The van der Waals surface area contributed by atoms with Gasteiger partial charge in [0.05, 0.1) is 17.3 Å². The molecule has 0 bridgehead atoms. The smallest absolute Gasteiger partial charge is 0.126 e. The molecule has 0 unspecified atom stereocenters. The second-order valence-electron chi connectivity index (χ2n) is 9.06. The first kappa shape index (κ1) is 25.5. The molecule has 186 valence electrons. The van der Waals surface area contributed by atoms with Crippen molar-refractivity contribution in [2.75, 3.05) is 25.6 Å². The molecule has 35 heavy (non-hydrogen) atoms. The van der Waals surface area contributed by atoms with Gasteiger partial charge in [0, 0.05) is 49.8 Å². The van der Waals surface area contributed by atoms with Crippen LogP contribution in [0.1, 0.15) is 36.9 Å². The Morgan fingerprint density at radius 1 is 1.06 bits per heavy atom. The van der Waals surface area contributed by atoms with E-state index in [2.05, 4.69) is 20.6 Å². The van der Waals surface area contributed by atoms with Crippen molar-refractivity contribution < 1.29 is 13.5 Å². The van der Waals surface area contributed by atoms with Crippen molar-refractivity contribution in [1.29, 1.82) is 0 Å². The monoisotopic (exact) mass is 500 g/mol. The first-order chi connectivity index (χ1) is 17.0. The molecule has 1 fully saturated rings. The minimum absolute atomic E-state index is 0.253. The Morgan fingerprint density at radius 2 is 1.83 bits per heavy atom. The number of rotatable bonds is 10. The van der Waals surface area contributed by atoms with E-state index in [0.717, 1.165) is 42.6 Å². The minimum Gasteiger partial charge on any atom is -0.383 e. The maximum atomic E-state index is 13.5. The highest BCUT2D eigenvalue weighted by atomic mass is 35.5. The molecule has 0 saturated heterocycles. The number of anilines is 1. The van der Waals surface area contributed by atoms with Crippen LogP contribution in [-0.2, 0) is 17.7 Å². The predicted octanol–water partition coefficient (Wildman–Crippen LogP) is 6.02. The van der Waals surface area contributed by atoms with E-state index >= 15 is 0 Å². The van der Waals surface area contributed by atoms with Crippen LogP contribution in [0.5, 0.6) is 0 Å². The Bertz CT molecular complexity index is 1100. The van der Waals surface area contributed by atoms with Gasteiger partial charge in [-0.1, -0.05) is 17.7 Å². The highest BCUT2D eigenvalue weighted by Gasteiger charge is 2.22. The third-order valence-electron chi connectivity index (χ3n) is 6.42. The molecular weight excluding hydrogens is 470 g/mol. The molecule has 0 amide bonds. The lowest BCUT2D eigenvalue weighted by molar-refractivity contribution is 0.188. The fourth-order valence-corrected chi connectivity index (χ4v) is 4.81. The van der Waals surface area contributed by atoms with Crippen molar-refractivity contribution in [3.63, 3.8) is 0 Å².